The van der Waals surface area contributed by atoms with Gasteiger partial charge in [0.25, 0.3) is 0 Å². The van der Waals surface area contributed by atoms with E-state index < -0.39 is 6.61 Å². The molecule has 2 aliphatic heterocycles. The van der Waals surface area contributed by atoms with Crippen molar-refractivity contribution in [1.29, 1.82) is 0 Å². The van der Waals surface area contributed by atoms with Crippen molar-refractivity contribution >= 4 is 34.9 Å². The molecule has 4 aromatic rings. The van der Waals surface area contributed by atoms with E-state index in [0.717, 1.165) is 55.3 Å². The maximum atomic E-state index is 12.1. The molecule has 15 heteroatoms. The molecule has 0 bridgehead atoms. The molecule has 0 saturated carbocycles. The minimum Gasteiger partial charge on any atom is -0.481 e. The van der Waals surface area contributed by atoms with Crippen molar-refractivity contribution in [2.75, 3.05) is 57.1 Å². The molecule has 2 saturated heterocycles. The SMILES string of the molecule is COc1cc(Cl)nc(Nc2ccc([C@@H]3CNCCO3)cc2)n1.FC(F)Oc1cnc(Nc2ccc([C@@H]3CNCCO3)cc2)nc1. The van der Waals surface area contributed by atoms with Crippen LogP contribution in [0.15, 0.2) is 67.0 Å². The highest BCUT2D eigenvalue weighted by Crippen LogP contribution is 2.24. The van der Waals surface area contributed by atoms with Crippen LogP contribution < -0.4 is 30.7 Å². The third-order valence-corrected chi connectivity index (χ3v) is 6.86. The van der Waals surface area contributed by atoms with Gasteiger partial charge in [-0.05, 0) is 35.4 Å². The molecule has 238 valence electrons. The third-order valence-electron chi connectivity index (χ3n) is 6.67. The molecule has 2 atom stereocenters. The van der Waals surface area contributed by atoms with Gasteiger partial charge >= 0.3 is 6.61 Å². The Morgan fingerprint density at radius 2 is 1.36 bits per heavy atom. The molecule has 0 spiro atoms. The summed E-state index contributed by atoms with van der Waals surface area (Å²) in [7, 11) is 1.54. The molecule has 2 aromatic heterocycles. The van der Waals surface area contributed by atoms with Gasteiger partial charge in [-0.1, -0.05) is 35.9 Å². The first-order valence-corrected chi connectivity index (χ1v) is 14.6. The summed E-state index contributed by atoms with van der Waals surface area (Å²) in [4.78, 5) is 16.2. The maximum absolute atomic E-state index is 12.1. The molecule has 45 heavy (non-hydrogen) atoms. The molecule has 4 N–H and O–H groups in total. The molecule has 0 unspecified atom stereocenters. The second-order valence-electron chi connectivity index (χ2n) is 9.80. The van der Waals surface area contributed by atoms with E-state index in [4.69, 9.17) is 25.8 Å². The summed E-state index contributed by atoms with van der Waals surface area (Å²) in [6, 6.07) is 17.3. The average molecular weight is 643 g/mol. The van der Waals surface area contributed by atoms with Gasteiger partial charge in [0, 0.05) is 43.6 Å². The number of anilines is 4. The molecule has 2 aromatic carbocycles. The second-order valence-corrected chi connectivity index (χ2v) is 10.2. The highest BCUT2D eigenvalue weighted by Gasteiger charge is 2.16. The molecular formula is C30H33ClF2N8O4. The van der Waals surface area contributed by atoms with Gasteiger partial charge in [0.2, 0.25) is 17.8 Å². The number of aromatic nitrogens is 4. The van der Waals surface area contributed by atoms with E-state index in [2.05, 4.69) is 45.9 Å². The molecule has 0 aliphatic carbocycles. The summed E-state index contributed by atoms with van der Waals surface area (Å²) in [5.41, 5.74) is 3.89. The van der Waals surface area contributed by atoms with Crippen molar-refractivity contribution in [3.05, 3.63) is 83.3 Å². The smallest absolute Gasteiger partial charge is 0.387 e. The van der Waals surface area contributed by atoms with Crippen LogP contribution in [0.4, 0.5) is 32.1 Å². The molecule has 12 nitrogen and oxygen atoms in total. The van der Waals surface area contributed by atoms with Crippen LogP contribution >= 0.6 is 11.6 Å². The van der Waals surface area contributed by atoms with Crippen LogP contribution in [0.1, 0.15) is 23.3 Å². The quantitative estimate of drug-likeness (QED) is 0.182. The van der Waals surface area contributed by atoms with Crippen LogP contribution in [0.25, 0.3) is 0 Å². The fourth-order valence-electron chi connectivity index (χ4n) is 4.48. The predicted molar refractivity (Wildman–Crippen MR) is 165 cm³/mol. The highest BCUT2D eigenvalue weighted by molar-refractivity contribution is 6.29. The first-order valence-electron chi connectivity index (χ1n) is 14.2. The average Bonchev–Trinajstić information content (AvgIpc) is 3.07. The van der Waals surface area contributed by atoms with Gasteiger partial charge in [0.1, 0.15) is 5.15 Å². The lowest BCUT2D eigenvalue weighted by atomic mass is 10.1. The zero-order valence-corrected chi connectivity index (χ0v) is 25.1. The zero-order chi connectivity index (χ0) is 31.4. The van der Waals surface area contributed by atoms with Gasteiger partial charge < -0.3 is 40.2 Å². The molecule has 6 rings (SSSR count). The van der Waals surface area contributed by atoms with Crippen molar-refractivity contribution < 1.29 is 27.7 Å². The van der Waals surface area contributed by atoms with Gasteiger partial charge in [-0.2, -0.15) is 13.8 Å². The summed E-state index contributed by atoms with van der Waals surface area (Å²) in [6.07, 6.45) is 2.54. The number of ether oxygens (including phenoxy) is 4. The van der Waals surface area contributed by atoms with Crippen LogP contribution in [0.2, 0.25) is 5.15 Å². The molecule has 2 fully saturated rings. The first kappa shape index (κ1) is 32.2. The number of hydrogen-bond donors (Lipinski definition) is 4. The van der Waals surface area contributed by atoms with Gasteiger partial charge in [-0.15, -0.1) is 0 Å². The standard InChI is InChI=1S/C15H17ClN4O2.C15H16F2N4O2/c1-21-14-8-13(16)19-15(20-14)18-11-4-2-10(3-5-11)12-9-17-6-7-22-12;16-14(17)23-12-7-19-15(20-8-12)21-11-3-1-10(2-4-11)13-9-18-5-6-22-13/h2-5,8,12,17H,6-7,9H2,1H3,(H,18,19,20);1-4,7-8,13-14,18H,5-6,9H2,(H,19,20,21)/t12-;13-/m00/s1. The first-order chi connectivity index (χ1) is 21.9. The van der Waals surface area contributed by atoms with Crippen LogP contribution in [0.5, 0.6) is 11.6 Å². The number of hydrogen-bond acceptors (Lipinski definition) is 12. The van der Waals surface area contributed by atoms with Crippen molar-refractivity contribution in [3.63, 3.8) is 0 Å². The number of benzene rings is 2. The second kappa shape index (κ2) is 16.2. The van der Waals surface area contributed by atoms with Crippen LogP contribution in [0.3, 0.4) is 0 Å². The van der Waals surface area contributed by atoms with E-state index in [-0.39, 0.29) is 18.0 Å². The molecular weight excluding hydrogens is 610 g/mol. The Morgan fingerprint density at radius 3 is 1.82 bits per heavy atom. The summed E-state index contributed by atoms with van der Waals surface area (Å²) < 4.78 is 44.8. The van der Waals surface area contributed by atoms with E-state index in [1.54, 1.807) is 6.07 Å². The van der Waals surface area contributed by atoms with Crippen LogP contribution in [0, 0.1) is 0 Å². The Morgan fingerprint density at radius 1 is 0.822 bits per heavy atom. The Kier molecular flexibility index (Phi) is 11.6. The van der Waals surface area contributed by atoms with Crippen LogP contribution in [-0.4, -0.2) is 73.1 Å². The molecule has 0 radical (unpaired) electrons. The van der Waals surface area contributed by atoms with Crippen molar-refractivity contribution in [1.82, 2.24) is 30.6 Å². The third kappa shape index (κ3) is 9.89. The number of halogens is 3. The highest BCUT2D eigenvalue weighted by atomic mass is 35.5. The predicted octanol–water partition coefficient (Wildman–Crippen LogP) is 5.03. The fraction of sp³-hybridized carbons (Fsp3) is 0.333. The fourth-order valence-corrected chi connectivity index (χ4v) is 4.65. The Balaban J connectivity index is 0.000000178. The van der Waals surface area contributed by atoms with Gasteiger partial charge in [0.15, 0.2) is 5.75 Å². The lowest BCUT2D eigenvalue weighted by Gasteiger charge is -2.24. The molecule has 0 amide bonds. The van der Waals surface area contributed by atoms with Crippen molar-refractivity contribution in [2.45, 2.75) is 18.8 Å². The Hall–Kier alpha value is -4.21. The van der Waals surface area contributed by atoms with E-state index >= 15 is 0 Å². The lowest BCUT2D eigenvalue weighted by Crippen LogP contribution is -2.33. The van der Waals surface area contributed by atoms with Gasteiger partial charge in [0.05, 0.1) is 44.9 Å². The minimum atomic E-state index is -2.89. The largest absolute Gasteiger partial charge is 0.481 e. The number of methoxy groups -OCH3 is 1. The summed E-state index contributed by atoms with van der Waals surface area (Å²) in [5, 5.41) is 13.0. The lowest BCUT2D eigenvalue weighted by molar-refractivity contribution is -0.0503. The number of nitrogens with zero attached hydrogens (tertiary/aromatic N) is 4. The normalized spacial score (nSPS) is 18.0. The van der Waals surface area contributed by atoms with Gasteiger partial charge in [-0.3, -0.25) is 0 Å². The monoisotopic (exact) mass is 642 g/mol. The Bertz CT molecular complexity index is 1480. The van der Waals surface area contributed by atoms with Crippen molar-refractivity contribution in [3.8, 4) is 11.6 Å². The summed E-state index contributed by atoms with van der Waals surface area (Å²) in [6.45, 7) is 1.96. The Labute approximate surface area is 263 Å². The summed E-state index contributed by atoms with van der Waals surface area (Å²) in [5.74, 6) is 1.03. The van der Waals surface area contributed by atoms with E-state index in [9.17, 15) is 8.78 Å². The maximum Gasteiger partial charge on any atom is 0.387 e. The summed E-state index contributed by atoms with van der Waals surface area (Å²) >= 11 is 5.93. The number of nitrogens with one attached hydrogen (secondary N) is 4. The zero-order valence-electron chi connectivity index (χ0n) is 24.4. The number of alkyl halides is 2. The van der Waals surface area contributed by atoms with Crippen molar-refractivity contribution in [2.24, 2.45) is 0 Å². The minimum absolute atomic E-state index is 0.0554. The van der Waals surface area contributed by atoms with E-state index in [1.165, 1.54) is 19.5 Å². The van der Waals surface area contributed by atoms with Gasteiger partial charge in [-0.25, -0.2) is 15.0 Å². The van der Waals surface area contributed by atoms with E-state index in [0.29, 0.717) is 29.5 Å². The number of rotatable bonds is 9. The topological polar surface area (TPSA) is 137 Å². The molecule has 2 aliphatic rings. The van der Waals surface area contributed by atoms with E-state index in [1.807, 2.05) is 48.5 Å². The van der Waals surface area contributed by atoms with Crippen LogP contribution in [-0.2, 0) is 9.47 Å². The molecule has 4 heterocycles. The number of morpholine rings is 2.